The molecule has 0 saturated heterocycles. The predicted octanol–water partition coefficient (Wildman–Crippen LogP) is 2.72. The third-order valence-electron chi connectivity index (χ3n) is 5.70. The highest BCUT2D eigenvalue weighted by Gasteiger charge is 2.33. The van der Waals surface area contributed by atoms with Crippen molar-refractivity contribution in [3.8, 4) is 23.3 Å². The second kappa shape index (κ2) is 11.1. The number of thiazole rings is 1. The van der Waals surface area contributed by atoms with Gasteiger partial charge in [-0.3, -0.25) is 9.36 Å². The molecule has 9 nitrogen and oxygen atoms in total. The Morgan fingerprint density at radius 3 is 2.70 bits per heavy atom. The number of allylic oxidation sites excluding steroid dienone is 1. The van der Waals surface area contributed by atoms with E-state index in [0.29, 0.717) is 49.0 Å². The Labute approximate surface area is 217 Å². The fraction of sp³-hybridized carbons (Fsp3) is 0.259. The number of benzene rings is 2. The van der Waals surface area contributed by atoms with E-state index in [1.54, 1.807) is 57.4 Å². The minimum Gasteiger partial charge on any atom is -0.497 e. The summed E-state index contributed by atoms with van der Waals surface area (Å²) in [7, 11) is 3.06. The number of carbonyl (C=O) groups is 1. The van der Waals surface area contributed by atoms with Crippen LogP contribution < -0.4 is 29.1 Å². The van der Waals surface area contributed by atoms with Gasteiger partial charge in [0.2, 0.25) is 0 Å². The molecule has 0 spiro atoms. The van der Waals surface area contributed by atoms with Crippen LogP contribution in [0.2, 0.25) is 0 Å². The minimum atomic E-state index is -0.733. The van der Waals surface area contributed by atoms with Crippen LogP contribution in [0.5, 0.6) is 17.2 Å². The Morgan fingerprint density at radius 1 is 1.19 bits per heavy atom. The van der Waals surface area contributed by atoms with Crippen LogP contribution in [0.1, 0.15) is 31.0 Å². The predicted molar refractivity (Wildman–Crippen MR) is 137 cm³/mol. The molecule has 1 aliphatic heterocycles. The van der Waals surface area contributed by atoms with Gasteiger partial charge >= 0.3 is 5.97 Å². The van der Waals surface area contributed by atoms with Crippen LogP contribution in [-0.2, 0) is 9.53 Å². The van der Waals surface area contributed by atoms with Crippen LogP contribution >= 0.6 is 11.3 Å². The number of esters is 1. The molecule has 0 N–H and O–H groups in total. The molecular formula is C27H25N3O6S. The summed E-state index contributed by atoms with van der Waals surface area (Å²) in [6.45, 7) is 3.55. The summed E-state index contributed by atoms with van der Waals surface area (Å²) in [4.78, 5) is 31.8. The number of ether oxygens (including phenoxy) is 4. The van der Waals surface area contributed by atoms with Crippen molar-refractivity contribution >= 4 is 23.4 Å². The molecule has 1 aromatic heterocycles. The second-order valence-corrected chi connectivity index (χ2v) is 8.95. The fourth-order valence-corrected chi connectivity index (χ4v) is 5.12. The molecule has 1 aliphatic rings. The van der Waals surface area contributed by atoms with E-state index in [9.17, 15) is 9.59 Å². The molecular weight excluding hydrogens is 494 g/mol. The second-order valence-electron chi connectivity index (χ2n) is 7.94. The van der Waals surface area contributed by atoms with E-state index in [0.717, 1.165) is 0 Å². The van der Waals surface area contributed by atoms with Crippen molar-refractivity contribution in [1.82, 2.24) is 4.57 Å². The number of aromatic nitrogens is 1. The van der Waals surface area contributed by atoms with E-state index >= 15 is 0 Å². The van der Waals surface area contributed by atoms with E-state index in [1.165, 1.54) is 23.0 Å². The van der Waals surface area contributed by atoms with Crippen LogP contribution in [0.15, 0.2) is 63.5 Å². The van der Waals surface area contributed by atoms with Crippen LogP contribution in [0.4, 0.5) is 0 Å². The van der Waals surface area contributed by atoms with Crippen molar-refractivity contribution in [2.45, 2.75) is 19.9 Å². The van der Waals surface area contributed by atoms with Gasteiger partial charge in [0.1, 0.15) is 11.8 Å². The number of nitrogens with zero attached hydrogens (tertiary/aromatic N) is 3. The minimum absolute atomic E-state index is 0.110. The maximum Gasteiger partial charge on any atom is 0.338 e. The van der Waals surface area contributed by atoms with Crippen molar-refractivity contribution < 1.29 is 23.7 Å². The number of hydrogen-bond donors (Lipinski definition) is 0. The van der Waals surface area contributed by atoms with Crippen molar-refractivity contribution in [1.29, 1.82) is 5.26 Å². The Hall–Kier alpha value is -4.36. The lowest BCUT2D eigenvalue weighted by Gasteiger charge is -2.25. The van der Waals surface area contributed by atoms with Crippen molar-refractivity contribution in [3.63, 3.8) is 0 Å². The zero-order valence-corrected chi connectivity index (χ0v) is 21.6. The van der Waals surface area contributed by atoms with Crippen molar-refractivity contribution in [2.24, 2.45) is 4.99 Å². The highest BCUT2D eigenvalue weighted by Crippen LogP contribution is 2.32. The number of carbonyl (C=O) groups excluding carboxylic acids is 1. The summed E-state index contributed by atoms with van der Waals surface area (Å²) >= 11 is 1.22. The van der Waals surface area contributed by atoms with E-state index in [1.807, 2.05) is 18.2 Å². The largest absolute Gasteiger partial charge is 0.497 e. The Balaban J connectivity index is 1.89. The van der Waals surface area contributed by atoms with E-state index in [4.69, 9.17) is 24.2 Å². The van der Waals surface area contributed by atoms with E-state index in [-0.39, 0.29) is 18.8 Å². The molecule has 0 fully saturated rings. The summed E-state index contributed by atoms with van der Waals surface area (Å²) < 4.78 is 23.4. The standard InChI is InChI=1S/C27H25N3O6S/c1-5-35-26(32)23-16(2)29-27-30(24(23)18-7-6-8-19(15-18)33-3)25(31)22(37-27)14-17-9-10-20(36-12-11-28)21(13-17)34-4/h6-10,13-15,24H,5,12H2,1-4H3/b22-14-/t24-/m1/s1. The molecule has 2 heterocycles. The van der Waals surface area contributed by atoms with Gasteiger partial charge in [0.15, 0.2) is 22.9 Å². The first-order chi connectivity index (χ1) is 17.9. The summed E-state index contributed by atoms with van der Waals surface area (Å²) in [5.74, 6) is 0.939. The zero-order valence-electron chi connectivity index (χ0n) is 20.8. The van der Waals surface area contributed by atoms with Gasteiger partial charge in [-0.05, 0) is 55.3 Å². The Bertz CT molecular complexity index is 1600. The lowest BCUT2D eigenvalue weighted by atomic mass is 9.95. The van der Waals surface area contributed by atoms with Gasteiger partial charge in [0.05, 0.1) is 42.7 Å². The average Bonchev–Trinajstić information content (AvgIpc) is 3.21. The molecule has 1 atom stereocenters. The molecule has 4 rings (SSSR count). The summed E-state index contributed by atoms with van der Waals surface area (Å²) in [5, 5.41) is 8.78. The maximum atomic E-state index is 13.7. The number of hydrogen-bond acceptors (Lipinski definition) is 9. The van der Waals surface area contributed by atoms with Gasteiger partial charge in [-0.15, -0.1) is 0 Å². The summed E-state index contributed by atoms with van der Waals surface area (Å²) in [6.07, 6.45) is 1.73. The number of methoxy groups -OCH3 is 2. The summed E-state index contributed by atoms with van der Waals surface area (Å²) in [5.41, 5.74) is 1.89. The molecule has 190 valence electrons. The Kier molecular flexibility index (Phi) is 7.74. The first-order valence-electron chi connectivity index (χ1n) is 11.4. The topological polar surface area (TPSA) is 112 Å². The van der Waals surface area contributed by atoms with Gasteiger partial charge < -0.3 is 18.9 Å². The van der Waals surface area contributed by atoms with Gasteiger partial charge in [-0.25, -0.2) is 9.79 Å². The van der Waals surface area contributed by atoms with Crippen molar-refractivity contribution in [2.75, 3.05) is 27.4 Å². The molecule has 0 unspecified atom stereocenters. The monoisotopic (exact) mass is 519 g/mol. The highest BCUT2D eigenvalue weighted by molar-refractivity contribution is 7.07. The first-order valence-corrected chi connectivity index (χ1v) is 12.2. The lowest BCUT2D eigenvalue weighted by molar-refractivity contribution is -0.139. The normalized spacial score (nSPS) is 14.9. The highest BCUT2D eigenvalue weighted by atomic mass is 32.1. The van der Waals surface area contributed by atoms with Crippen molar-refractivity contribution in [3.05, 3.63) is 84.5 Å². The van der Waals surface area contributed by atoms with Gasteiger partial charge in [0, 0.05) is 0 Å². The third kappa shape index (κ3) is 5.13. The molecule has 10 heteroatoms. The quantitative estimate of drug-likeness (QED) is 0.421. The smallest absolute Gasteiger partial charge is 0.338 e. The van der Waals surface area contributed by atoms with Crippen LogP contribution in [0, 0.1) is 11.3 Å². The molecule has 0 bridgehead atoms. The molecule has 0 aliphatic carbocycles. The Morgan fingerprint density at radius 2 is 2.00 bits per heavy atom. The van der Waals surface area contributed by atoms with E-state index in [2.05, 4.69) is 4.99 Å². The molecule has 0 radical (unpaired) electrons. The van der Waals surface area contributed by atoms with Crippen LogP contribution in [0.3, 0.4) is 0 Å². The number of rotatable bonds is 8. The first kappa shape index (κ1) is 25.7. The summed E-state index contributed by atoms with van der Waals surface area (Å²) in [6, 6.07) is 13.6. The fourth-order valence-electron chi connectivity index (χ4n) is 4.07. The maximum absolute atomic E-state index is 13.7. The molecule has 37 heavy (non-hydrogen) atoms. The molecule has 2 aromatic carbocycles. The lowest BCUT2D eigenvalue weighted by Crippen LogP contribution is -2.39. The van der Waals surface area contributed by atoms with Gasteiger partial charge in [0.25, 0.3) is 5.56 Å². The molecule has 0 saturated carbocycles. The molecule has 3 aromatic rings. The number of nitriles is 1. The van der Waals surface area contributed by atoms with Crippen LogP contribution in [0.25, 0.3) is 6.08 Å². The third-order valence-corrected chi connectivity index (χ3v) is 6.69. The molecule has 0 amide bonds. The van der Waals surface area contributed by atoms with Gasteiger partial charge in [-0.2, -0.15) is 5.26 Å². The van der Waals surface area contributed by atoms with E-state index < -0.39 is 12.0 Å². The average molecular weight is 520 g/mol. The van der Waals surface area contributed by atoms with Gasteiger partial charge in [-0.1, -0.05) is 29.5 Å². The number of fused-ring (bicyclic) bond motifs is 1. The zero-order chi connectivity index (χ0) is 26.5. The SMILES string of the molecule is CCOC(=O)C1=C(C)N=c2s/c(=C\c3ccc(OCC#N)c(OC)c3)c(=O)n2[C@@H]1c1cccc(OC)c1. The van der Waals surface area contributed by atoms with Crippen LogP contribution in [-0.4, -0.2) is 38.0 Å².